The van der Waals surface area contributed by atoms with Crippen molar-refractivity contribution in [2.24, 2.45) is 14.1 Å². The van der Waals surface area contributed by atoms with Crippen molar-refractivity contribution in [1.29, 1.82) is 0 Å². The van der Waals surface area contributed by atoms with Gasteiger partial charge in [0.15, 0.2) is 5.78 Å². The van der Waals surface area contributed by atoms with Crippen molar-refractivity contribution >= 4 is 16.8 Å². The lowest BCUT2D eigenvalue weighted by Crippen LogP contribution is -2.38. The molecule has 1 aromatic carbocycles. The molecule has 138 valence electrons. The van der Waals surface area contributed by atoms with Crippen LogP contribution < -0.4 is 16.0 Å². The van der Waals surface area contributed by atoms with E-state index in [-0.39, 0.29) is 11.7 Å². The number of carbonyl (C=O) groups excluding carboxylic acids is 1. The number of hydrogen-bond donors (Lipinski definition) is 0. The SMILES string of the molecule is COc1ccc(C2CC(=O)c3cnc4c(c3C2)c(=O)n(C)c(=O)n4C)cc1. The summed E-state index contributed by atoms with van der Waals surface area (Å²) in [5, 5.41) is 0.351. The molecule has 2 heterocycles. The summed E-state index contributed by atoms with van der Waals surface area (Å²) in [6, 6.07) is 7.61. The Kier molecular flexibility index (Phi) is 3.95. The lowest BCUT2D eigenvalue weighted by atomic mass is 9.79. The van der Waals surface area contributed by atoms with Crippen molar-refractivity contribution in [3.05, 3.63) is 68.0 Å². The predicted octanol–water partition coefficient (Wildman–Crippen LogP) is 1.55. The predicted molar refractivity (Wildman–Crippen MR) is 101 cm³/mol. The zero-order valence-corrected chi connectivity index (χ0v) is 15.4. The van der Waals surface area contributed by atoms with Gasteiger partial charge in [-0.3, -0.25) is 18.7 Å². The van der Waals surface area contributed by atoms with Crippen molar-refractivity contribution in [3.8, 4) is 5.75 Å². The number of nitrogens with zero attached hydrogens (tertiary/aromatic N) is 3. The molecule has 0 radical (unpaired) electrons. The van der Waals surface area contributed by atoms with Gasteiger partial charge in [0.05, 0.1) is 12.5 Å². The highest BCUT2D eigenvalue weighted by Crippen LogP contribution is 2.35. The highest BCUT2D eigenvalue weighted by atomic mass is 16.5. The first kappa shape index (κ1) is 17.2. The Hall–Kier alpha value is -3.22. The van der Waals surface area contributed by atoms with Crippen molar-refractivity contribution < 1.29 is 9.53 Å². The molecule has 1 atom stereocenters. The lowest BCUT2D eigenvalue weighted by Gasteiger charge is -2.25. The molecule has 0 amide bonds. The fourth-order valence-corrected chi connectivity index (χ4v) is 3.80. The standard InChI is InChI=1S/C20H19N3O4/c1-22-18-17(19(25)23(2)20(22)26)14-8-12(9-16(24)15(14)10-21-18)11-4-6-13(27-3)7-5-11/h4-7,10,12H,8-9H2,1-3H3. The molecule has 1 aliphatic carbocycles. The number of aryl methyl sites for hydroxylation is 1. The molecule has 1 unspecified atom stereocenters. The minimum Gasteiger partial charge on any atom is -0.497 e. The summed E-state index contributed by atoms with van der Waals surface area (Å²) < 4.78 is 7.60. The van der Waals surface area contributed by atoms with Crippen LogP contribution in [-0.4, -0.2) is 27.0 Å². The van der Waals surface area contributed by atoms with Gasteiger partial charge in [-0.2, -0.15) is 0 Å². The highest BCUT2D eigenvalue weighted by molar-refractivity contribution is 6.02. The van der Waals surface area contributed by atoms with E-state index in [1.807, 2.05) is 24.3 Å². The van der Waals surface area contributed by atoms with Crippen molar-refractivity contribution in [1.82, 2.24) is 14.1 Å². The molecule has 0 N–H and O–H groups in total. The van der Waals surface area contributed by atoms with E-state index >= 15 is 0 Å². The van der Waals surface area contributed by atoms with Gasteiger partial charge in [0.25, 0.3) is 5.56 Å². The quantitative estimate of drug-likeness (QED) is 0.688. The Labute approximate surface area is 154 Å². The molecular weight excluding hydrogens is 346 g/mol. The molecule has 0 bridgehead atoms. The zero-order chi connectivity index (χ0) is 19.3. The molecule has 0 aliphatic heterocycles. The molecule has 27 heavy (non-hydrogen) atoms. The van der Waals surface area contributed by atoms with Gasteiger partial charge in [0, 0.05) is 32.3 Å². The molecular formula is C20H19N3O4. The van der Waals surface area contributed by atoms with Crippen LogP contribution in [-0.2, 0) is 20.5 Å². The van der Waals surface area contributed by atoms with Gasteiger partial charge in [-0.05, 0) is 35.6 Å². The third-order valence-electron chi connectivity index (χ3n) is 5.35. The van der Waals surface area contributed by atoms with Gasteiger partial charge in [-0.1, -0.05) is 12.1 Å². The van der Waals surface area contributed by atoms with Crippen LogP contribution in [0.1, 0.15) is 33.8 Å². The smallest absolute Gasteiger partial charge is 0.332 e. The first-order valence-corrected chi connectivity index (χ1v) is 8.67. The summed E-state index contributed by atoms with van der Waals surface area (Å²) in [5.41, 5.74) is 1.62. The molecule has 7 nitrogen and oxygen atoms in total. The van der Waals surface area contributed by atoms with E-state index in [1.165, 1.54) is 17.8 Å². The molecule has 0 spiro atoms. The number of hydrogen-bond acceptors (Lipinski definition) is 5. The molecule has 0 saturated carbocycles. The van der Waals surface area contributed by atoms with E-state index in [2.05, 4.69) is 4.98 Å². The molecule has 1 aliphatic rings. The Morgan fingerprint density at radius 2 is 1.74 bits per heavy atom. The Bertz CT molecular complexity index is 1190. The van der Waals surface area contributed by atoms with E-state index in [0.29, 0.717) is 35.0 Å². The maximum atomic E-state index is 12.8. The number of carbonyl (C=O) groups is 1. The van der Waals surface area contributed by atoms with E-state index in [4.69, 9.17) is 4.74 Å². The van der Waals surface area contributed by atoms with Crippen LogP contribution in [0.15, 0.2) is 40.1 Å². The van der Waals surface area contributed by atoms with Crippen LogP contribution in [0.3, 0.4) is 0 Å². The van der Waals surface area contributed by atoms with Crippen molar-refractivity contribution in [3.63, 3.8) is 0 Å². The van der Waals surface area contributed by atoms with Gasteiger partial charge in [-0.15, -0.1) is 0 Å². The van der Waals surface area contributed by atoms with E-state index in [0.717, 1.165) is 15.9 Å². The number of ketones is 1. The van der Waals surface area contributed by atoms with Gasteiger partial charge < -0.3 is 4.74 Å². The second kappa shape index (κ2) is 6.19. The number of ether oxygens (including phenoxy) is 1. The fourth-order valence-electron chi connectivity index (χ4n) is 3.80. The van der Waals surface area contributed by atoms with Crippen molar-refractivity contribution in [2.45, 2.75) is 18.8 Å². The number of rotatable bonds is 2. The summed E-state index contributed by atoms with van der Waals surface area (Å²) >= 11 is 0. The van der Waals surface area contributed by atoms with Crippen LogP contribution >= 0.6 is 0 Å². The van der Waals surface area contributed by atoms with Gasteiger partial charge in [0.2, 0.25) is 0 Å². The Morgan fingerprint density at radius 3 is 2.41 bits per heavy atom. The second-order valence-corrected chi connectivity index (χ2v) is 6.86. The maximum absolute atomic E-state index is 12.8. The number of methoxy groups -OCH3 is 1. The number of Topliss-reactive ketones (excluding diaryl/α,β-unsaturated/α-hetero) is 1. The maximum Gasteiger partial charge on any atom is 0.332 e. The summed E-state index contributed by atoms with van der Waals surface area (Å²) in [7, 11) is 4.62. The largest absolute Gasteiger partial charge is 0.497 e. The molecule has 2 aromatic heterocycles. The van der Waals surface area contributed by atoms with E-state index in [1.54, 1.807) is 14.2 Å². The first-order valence-electron chi connectivity index (χ1n) is 8.67. The second-order valence-electron chi connectivity index (χ2n) is 6.86. The summed E-state index contributed by atoms with van der Waals surface area (Å²) in [5.74, 6) is 0.672. The average molecular weight is 365 g/mol. The fraction of sp³-hybridized carbons (Fsp3) is 0.300. The molecule has 0 saturated heterocycles. The summed E-state index contributed by atoms with van der Waals surface area (Å²) in [6.45, 7) is 0. The van der Waals surface area contributed by atoms with Gasteiger partial charge in [0.1, 0.15) is 11.4 Å². The average Bonchev–Trinajstić information content (AvgIpc) is 2.69. The number of aromatic nitrogens is 3. The third-order valence-corrected chi connectivity index (χ3v) is 5.35. The van der Waals surface area contributed by atoms with Crippen LogP contribution in [0.5, 0.6) is 5.75 Å². The summed E-state index contributed by atoms with van der Waals surface area (Å²) in [6.07, 6.45) is 2.39. The monoisotopic (exact) mass is 365 g/mol. The topological polar surface area (TPSA) is 83.2 Å². The highest BCUT2D eigenvalue weighted by Gasteiger charge is 2.30. The normalized spacial score (nSPS) is 16.4. The van der Waals surface area contributed by atoms with Gasteiger partial charge >= 0.3 is 5.69 Å². The van der Waals surface area contributed by atoms with Crippen LogP contribution in [0.25, 0.3) is 11.0 Å². The number of fused-ring (bicyclic) bond motifs is 3. The molecule has 0 fully saturated rings. The van der Waals surface area contributed by atoms with Crippen LogP contribution in [0.4, 0.5) is 0 Å². The Morgan fingerprint density at radius 1 is 1.04 bits per heavy atom. The lowest BCUT2D eigenvalue weighted by molar-refractivity contribution is 0.0964. The molecule has 4 rings (SSSR count). The van der Waals surface area contributed by atoms with Crippen LogP contribution in [0.2, 0.25) is 0 Å². The summed E-state index contributed by atoms with van der Waals surface area (Å²) in [4.78, 5) is 42.0. The first-order chi connectivity index (χ1) is 12.9. The number of pyridine rings is 1. The minimum absolute atomic E-state index is 0.0385. The number of benzene rings is 1. The zero-order valence-electron chi connectivity index (χ0n) is 15.4. The molecule has 7 heteroatoms. The van der Waals surface area contributed by atoms with Crippen molar-refractivity contribution in [2.75, 3.05) is 7.11 Å². The van der Waals surface area contributed by atoms with E-state index in [9.17, 15) is 14.4 Å². The molecule has 3 aromatic rings. The Balaban J connectivity index is 1.92. The third kappa shape index (κ3) is 2.58. The van der Waals surface area contributed by atoms with Crippen LogP contribution in [0, 0.1) is 0 Å². The van der Waals surface area contributed by atoms with E-state index < -0.39 is 11.2 Å². The minimum atomic E-state index is -0.436. The van der Waals surface area contributed by atoms with Gasteiger partial charge in [-0.25, -0.2) is 9.78 Å².